The molecule has 242 valence electrons. The Labute approximate surface area is 297 Å². The molecule has 11 aromatic rings. The lowest BCUT2D eigenvalue weighted by Crippen LogP contribution is -2.00. The van der Waals surface area contributed by atoms with Crippen molar-refractivity contribution in [1.29, 1.82) is 0 Å². The molecule has 3 heterocycles. The summed E-state index contributed by atoms with van der Waals surface area (Å²) >= 11 is 0. The second-order valence-corrected chi connectivity index (χ2v) is 13.2. The molecule has 5 heteroatoms. The van der Waals surface area contributed by atoms with Crippen molar-refractivity contribution in [3.8, 4) is 45.3 Å². The number of para-hydroxylation sites is 2. The lowest BCUT2D eigenvalue weighted by molar-refractivity contribution is 0.665. The van der Waals surface area contributed by atoms with Gasteiger partial charge in [0.1, 0.15) is 22.3 Å². The van der Waals surface area contributed by atoms with Crippen LogP contribution < -0.4 is 0 Å². The van der Waals surface area contributed by atoms with Gasteiger partial charge in [0.15, 0.2) is 17.5 Å². The Hall–Kier alpha value is -7.11. The van der Waals surface area contributed by atoms with Crippen LogP contribution in [-0.4, -0.2) is 15.0 Å². The Kier molecular flexibility index (Phi) is 6.18. The first-order valence-corrected chi connectivity index (χ1v) is 17.3. The monoisotopic (exact) mass is 665 g/mol. The van der Waals surface area contributed by atoms with Crippen molar-refractivity contribution in [2.45, 2.75) is 0 Å². The maximum atomic E-state index is 6.75. The van der Waals surface area contributed by atoms with Gasteiger partial charge in [-0.2, -0.15) is 0 Å². The van der Waals surface area contributed by atoms with Crippen molar-refractivity contribution in [3.05, 3.63) is 164 Å². The molecule has 3 aromatic heterocycles. The van der Waals surface area contributed by atoms with Crippen LogP contribution in [0.4, 0.5) is 0 Å². The van der Waals surface area contributed by atoms with Gasteiger partial charge in [0.25, 0.3) is 0 Å². The fraction of sp³-hybridized carbons (Fsp3) is 0. The minimum Gasteiger partial charge on any atom is -0.455 e. The van der Waals surface area contributed by atoms with Gasteiger partial charge < -0.3 is 8.83 Å². The van der Waals surface area contributed by atoms with E-state index in [0.717, 1.165) is 82.5 Å². The van der Waals surface area contributed by atoms with Crippen LogP contribution >= 0.6 is 0 Å². The molecule has 0 aliphatic heterocycles. The summed E-state index contributed by atoms with van der Waals surface area (Å²) in [6, 6.07) is 56.2. The SMILES string of the molecule is c1ccc(-c2nc(-c3ccc4ccccc4c3)nc(-c3cccc4oc5c(-c6cccc7c6oc6cc8ccccc8cc67)cccc5c34)n2)cc1. The predicted molar refractivity (Wildman–Crippen MR) is 211 cm³/mol. The molecule has 0 atom stereocenters. The van der Waals surface area contributed by atoms with Gasteiger partial charge in [0.2, 0.25) is 0 Å². The molecule has 11 rings (SSSR count). The van der Waals surface area contributed by atoms with Gasteiger partial charge in [0.05, 0.1) is 0 Å². The molecule has 0 bridgehead atoms. The zero-order chi connectivity index (χ0) is 34.2. The number of fused-ring (bicyclic) bond motifs is 8. The van der Waals surface area contributed by atoms with E-state index in [1.54, 1.807) is 0 Å². The lowest BCUT2D eigenvalue weighted by Gasteiger charge is -2.10. The Morgan fingerprint density at radius 3 is 1.69 bits per heavy atom. The van der Waals surface area contributed by atoms with Crippen LogP contribution in [0.1, 0.15) is 0 Å². The number of furan rings is 2. The van der Waals surface area contributed by atoms with E-state index >= 15 is 0 Å². The first-order chi connectivity index (χ1) is 25.7. The molecule has 0 amide bonds. The third-order valence-electron chi connectivity index (χ3n) is 10.1. The van der Waals surface area contributed by atoms with E-state index in [1.165, 1.54) is 10.8 Å². The van der Waals surface area contributed by atoms with Crippen LogP contribution in [0.2, 0.25) is 0 Å². The first kappa shape index (κ1) is 28.7. The minimum atomic E-state index is 0.585. The van der Waals surface area contributed by atoms with Crippen LogP contribution in [-0.2, 0) is 0 Å². The highest BCUT2D eigenvalue weighted by atomic mass is 16.3. The smallest absolute Gasteiger partial charge is 0.164 e. The molecular weight excluding hydrogens is 639 g/mol. The van der Waals surface area contributed by atoms with E-state index in [0.29, 0.717) is 17.5 Å². The normalized spacial score (nSPS) is 11.8. The van der Waals surface area contributed by atoms with Gasteiger partial charge >= 0.3 is 0 Å². The number of benzene rings is 8. The summed E-state index contributed by atoms with van der Waals surface area (Å²) in [5.41, 5.74) is 7.93. The highest BCUT2D eigenvalue weighted by Gasteiger charge is 2.21. The van der Waals surface area contributed by atoms with E-state index in [2.05, 4.69) is 121 Å². The topological polar surface area (TPSA) is 65.0 Å². The van der Waals surface area contributed by atoms with Crippen molar-refractivity contribution >= 4 is 65.4 Å². The average molecular weight is 666 g/mol. The van der Waals surface area contributed by atoms with E-state index in [9.17, 15) is 0 Å². The molecule has 0 saturated carbocycles. The van der Waals surface area contributed by atoms with Crippen molar-refractivity contribution in [1.82, 2.24) is 15.0 Å². The molecular formula is C47H27N3O2. The average Bonchev–Trinajstić information content (AvgIpc) is 3.78. The van der Waals surface area contributed by atoms with Crippen molar-refractivity contribution in [3.63, 3.8) is 0 Å². The molecule has 0 N–H and O–H groups in total. The van der Waals surface area contributed by atoms with Crippen LogP contribution in [0.5, 0.6) is 0 Å². The Morgan fingerprint density at radius 2 is 0.904 bits per heavy atom. The molecule has 0 radical (unpaired) electrons. The molecule has 8 aromatic carbocycles. The third-order valence-corrected chi connectivity index (χ3v) is 10.1. The second kappa shape index (κ2) is 11.2. The van der Waals surface area contributed by atoms with Gasteiger partial charge in [-0.15, -0.1) is 0 Å². The Bertz CT molecular complexity index is 3190. The number of aromatic nitrogens is 3. The van der Waals surface area contributed by atoms with E-state index in [4.69, 9.17) is 23.8 Å². The highest BCUT2D eigenvalue weighted by molar-refractivity contribution is 6.18. The zero-order valence-electron chi connectivity index (χ0n) is 27.7. The molecule has 52 heavy (non-hydrogen) atoms. The molecule has 0 aliphatic carbocycles. The van der Waals surface area contributed by atoms with Crippen molar-refractivity contribution < 1.29 is 8.83 Å². The second-order valence-electron chi connectivity index (χ2n) is 13.2. The van der Waals surface area contributed by atoms with Gasteiger partial charge in [-0.1, -0.05) is 140 Å². The first-order valence-electron chi connectivity index (χ1n) is 17.3. The summed E-state index contributed by atoms with van der Waals surface area (Å²) in [4.78, 5) is 15.2. The van der Waals surface area contributed by atoms with Gasteiger partial charge in [-0.3, -0.25) is 0 Å². The van der Waals surface area contributed by atoms with Crippen molar-refractivity contribution in [2.75, 3.05) is 0 Å². The molecule has 0 fully saturated rings. The standard InChI is InChI=1S/C47H27N3O2/c1-2-12-29(13-3-1)45-48-46(33-24-23-28-11-4-5-14-30(28)25-33)50-47(49-45)38-21-10-22-40-42(38)37-20-9-18-35(44(37)51-40)34-17-8-19-36-39-26-31-15-6-7-16-32(31)27-41(39)52-43(34)36/h1-27H. The van der Waals surface area contributed by atoms with Crippen LogP contribution in [0.25, 0.3) is 111 Å². The van der Waals surface area contributed by atoms with Crippen molar-refractivity contribution in [2.24, 2.45) is 0 Å². The Morgan fingerprint density at radius 1 is 0.327 bits per heavy atom. The summed E-state index contributed by atoms with van der Waals surface area (Å²) < 4.78 is 13.4. The summed E-state index contributed by atoms with van der Waals surface area (Å²) in [5.74, 6) is 1.81. The summed E-state index contributed by atoms with van der Waals surface area (Å²) in [7, 11) is 0. The Balaban J connectivity index is 1.13. The molecule has 0 unspecified atom stereocenters. The van der Waals surface area contributed by atoms with Crippen LogP contribution in [0.3, 0.4) is 0 Å². The fourth-order valence-electron chi connectivity index (χ4n) is 7.61. The van der Waals surface area contributed by atoms with Gasteiger partial charge in [-0.25, -0.2) is 15.0 Å². The maximum absolute atomic E-state index is 6.75. The highest BCUT2D eigenvalue weighted by Crippen LogP contribution is 2.43. The largest absolute Gasteiger partial charge is 0.455 e. The minimum absolute atomic E-state index is 0.585. The summed E-state index contributed by atoms with van der Waals surface area (Å²) in [6.45, 7) is 0. The predicted octanol–water partition coefficient (Wildman–Crippen LogP) is 12.6. The maximum Gasteiger partial charge on any atom is 0.164 e. The summed E-state index contributed by atoms with van der Waals surface area (Å²) in [5, 5.41) is 8.75. The molecule has 0 saturated heterocycles. The molecule has 0 aliphatic rings. The quantitative estimate of drug-likeness (QED) is 0.187. The molecule has 5 nitrogen and oxygen atoms in total. The van der Waals surface area contributed by atoms with E-state index < -0.39 is 0 Å². The fourth-order valence-corrected chi connectivity index (χ4v) is 7.61. The number of hydrogen-bond acceptors (Lipinski definition) is 5. The number of rotatable bonds is 4. The third kappa shape index (κ3) is 4.46. The van der Waals surface area contributed by atoms with Crippen LogP contribution in [0.15, 0.2) is 173 Å². The summed E-state index contributed by atoms with van der Waals surface area (Å²) in [6.07, 6.45) is 0. The zero-order valence-corrected chi connectivity index (χ0v) is 27.7. The van der Waals surface area contributed by atoms with E-state index in [1.807, 2.05) is 42.5 Å². The van der Waals surface area contributed by atoms with Gasteiger partial charge in [0, 0.05) is 49.4 Å². The van der Waals surface area contributed by atoms with E-state index in [-0.39, 0.29) is 0 Å². The van der Waals surface area contributed by atoms with Gasteiger partial charge in [-0.05, 0) is 45.8 Å². The number of nitrogens with zero attached hydrogens (tertiary/aromatic N) is 3. The number of hydrogen-bond donors (Lipinski definition) is 0. The van der Waals surface area contributed by atoms with Crippen LogP contribution in [0, 0.1) is 0 Å². The lowest BCUT2D eigenvalue weighted by atomic mass is 9.98. The molecule has 0 spiro atoms.